The lowest BCUT2D eigenvalue weighted by atomic mass is 10.1. The van der Waals surface area contributed by atoms with E-state index in [1.54, 1.807) is 24.3 Å². The van der Waals surface area contributed by atoms with E-state index in [4.69, 9.17) is 4.74 Å². The van der Waals surface area contributed by atoms with Crippen LogP contribution in [0.25, 0.3) is 0 Å². The van der Waals surface area contributed by atoms with E-state index >= 15 is 0 Å². The number of carbonyl (C=O) groups is 3. The predicted octanol–water partition coefficient (Wildman–Crippen LogP) is 3.20. The third kappa shape index (κ3) is 5.68. The Balaban J connectivity index is 2.61. The van der Waals surface area contributed by atoms with Crippen LogP contribution in [0.2, 0.25) is 0 Å². The molecule has 0 aliphatic rings. The van der Waals surface area contributed by atoms with E-state index in [9.17, 15) is 14.4 Å². The molecule has 22 heavy (non-hydrogen) atoms. The van der Waals surface area contributed by atoms with Gasteiger partial charge >= 0.3 is 5.97 Å². The van der Waals surface area contributed by atoms with Crippen LogP contribution in [0.5, 0.6) is 0 Å². The summed E-state index contributed by atoms with van der Waals surface area (Å²) in [6.07, 6.45) is 0.110. The number of anilines is 1. The average Bonchev–Trinajstić information content (AvgIpc) is 2.45. The van der Waals surface area contributed by atoms with Crippen molar-refractivity contribution in [3.05, 3.63) is 29.8 Å². The molecule has 1 rings (SSSR count). The third-order valence-electron chi connectivity index (χ3n) is 3.17. The van der Waals surface area contributed by atoms with Crippen molar-refractivity contribution in [3.63, 3.8) is 0 Å². The Morgan fingerprint density at radius 2 is 1.77 bits per heavy atom. The summed E-state index contributed by atoms with van der Waals surface area (Å²) in [4.78, 5) is 35.2. The number of esters is 1. The summed E-state index contributed by atoms with van der Waals surface area (Å²) < 4.78 is 5.10. The van der Waals surface area contributed by atoms with Crippen molar-refractivity contribution in [1.82, 2.24) is 0 Å². The van der Waals surface area contributed by atoms with Gasteiger partial charge in [0.2, 0.25) is 0 Å². The summed E-state index contributed by atoms with van der Waals surface area (Å²) in [5.41, 5.74) is 0.847. The lowest BCUT2D eigenvalue weighted by Crippen LogP contribution is -2.30. The second kappa shape index (κ2) is 8.32. The molecule has 5 heteroatoms. The highest BCUT2D eigenvalue weighted by atomic mass is 16.5. The van der Waals surface area contributed by atoms with Crippen molar-refractivity contribution in [2.75, 3.05) is 5.32 Å². The van der Waals surface area contributed by atoms with Gasteiger partial charge in [0.1, 0.15) is 0 Å². The minimum absolute atomic E-state index is 0.141. The summed E-state index contributed by atoms with van der Waals surface area (Å²) in [5, 5.41) is 2.62. The molecule has 1 aromatic rings. The van der Waals surface area contributed by atoms with Gasteiger partial charge in [0, 0.05) is 12.0 Å². The van der Waals surface area contributed by atoms with Gasteiger partial charge in [-0.3, -0.25) is 14.4 Å². The molecule has 0 saturated carbocycles. The molecule has 0 unspecified atom stereocenters. The van der Waals surface area contributed by atoms with Crippen LogP contribution in [0, 0.1) is 5.92 Å². The standard InChI is InChI=1S/C17H23NO4/c1-11(2)9-10-16(20)22-13(4)17(21)18-15-8-6-5-7-14(15)12(3)19/h5-8,11,13H,9-10H2,1-4H3,(H,18,21)/t13-/m1/s1. The van der Waals surface area contributed by atoms with Gasteiger partial charge in [-0.15, -0.1) is 0 Å². The lowest BCUT2D eigenvalue weighted by molar-refractivity contribution is -0.153. The molecule has 0 spiro atoms. The number of hydrogen-bond donors (Lipinski definition) is 1. The van der Waals surface area contributed by atoms with Crippen molar-refractivity contribution in [2.45, 2.75) is 46.6 Å². The van der Waals surface area contributed by atoms with E-state index in [1.807, 2.05) is 13.8 Å². The van der Waals surface area contributed by atoms with Gasteiger partial charge in [0.15, 0.2) is 11.9 Å². The number of hydrogen-bond acceptors (Lipinski definition) is 4. The van der Waals surface area contributed by atoms with Gasteiger partial charge in [-0.2, -0.15) is 0 Å². The molecular formula is C17H23NO4. The molecule has 0 aromatic heterocycles. The number of ether oxygens (including phenoxy) is 1. The summed E-state index contributed by atoms with van der Waals surface area (Å²) in [5.74, 6) is -0.584. The van der Waals surface area contributed by atoms with E-state index < -0.39 is 18.0 Å². The topological polar surface area (TPSA) is 72.5 Å². The zero-order chi connectivity index (χ0) is 16.7. The monoisotopic (exact) mass is 305 g/mol. The lowest BCUT2D eigenvalue weighted by Gasteiger charge is -2.15. The third-order valence-corrected chi connectivity index (χ3v) is 3.17. The van der Waals surface area contributed by atoms with Crippen molar-refractivity contribution in [2.24, 2.45) is 5.92 Å². The Bertz CT molecular complexity index is 551. The highest BCUT2D eigenvalue weighted by Crippen LogP contribution is 2.16. The zero-order valence-electron chi connectivity index (χ0n) is 13.5. The smallest absolute Gasteiger partial charge is 0.306 e. The number of ketones is 1. The molecule has 0 saturated heterocycles. The number of nitrogens with one attached hydrogen (secondary N) is 1. The predicted molar refractivity (Wildman–Crippen MR) is 84.7 cm³/mol. The minimum atomic E-state index is -0.903. The van der Waals surface area contributed by atoms with Gasteiger partial charge < -0.3 is 10.1 Å². The molecule has 0 aliphatic carbocycles. The molecule has 0 radical (unpaired) electrons. The van der Waals surface area contributed by atoms with Gasteiger partial charge in [-0.05, 0) is 38.3 Å². The molecule has 1 N–H and O–H groups in total. The first-order valence-electron chi connectivity index (χ1n) is 7.41. The molecule has 120 valence electrons. The largest absolute Gasteiger partial charge is 0.453 e. The molecule has 5 nitrogen and oxygen atoms in total. The molecule has 1 aromatic carbocycles. The van der Waals surface area contributed by atoms with Crippen molar-refractivity contribution < 1.29 is 19.1 Å². The van der Waals surface area contributed by atoms with Gasteiger partial charge in [-0.1, -0.05) is 26.0 Å². The summed E-state index contributed by atoms with van der Waals surface area (Å²) in [6.45, 7) is 6.98. The second-order valence-electron chi connectivity index (χ2n) is 5.66. The molecule has 1 atom stereocenters. The molecule has 0 bridgehead atoms. The number of rotatable bonds is 7. The van der Waals surface area contributed by atoms with Crippen LogP contribution in [0.1, 0.15) is 50.9 Å². The normalized spacial score (nSPS) is 11.9. The Kier molecular flexibility index (Phi) is 6.76. The molecular weight excluding hydrogens is 282 g/mol. The number of amides is 1. The first kappa shape index (κ1) is 17.9. The number of benzene rings is 1. The van der Waals surface area contributed by atoms with Gasteiger partial charge in [0.05, 0.1) is 5.69 Å². The average molecular weight is 305 g/mol. The maximum atomic E-state index is 12.1. The van der Waals surface area contributed by atoms with Crippen LogP contribution in [-0.4, -0.2) is 23.8 Å². The summed E-state index contributed by atoms with van der Waals surface area (Å²) in [7, 11) is 0. The van der Waals surface area contributed by atoms with Gasteiger partial charge in [0.25, 0.3) is 5.91 Å². The first-order valence-corrected chi connectivity index (χ1v) is 7.41. The molecule has 0 fully saturated rings. The zero-order valence-corrected chi connectivity index (χ0v) is 13.5. The van der Waals surface area contributed by atoms with E-state index in [2.05, 4.69) is 5.32 Å². The van der Waals surface area contributed by atoms with E-state index in [-0.39, 0.29) is 5.78 Å². The Morgan fingerprint density at radius 3 is 2.36 bits per heavy atom. The number of carbonyl (C=O) groups excluding carboxylic acids is 3. The fourth-order valence-corrected chi connectivity index (χ4v) is 1.85. The highest BCUT2D eigenvalue weighted by Gasteiger charge is 2.19. The fraction of sp³-hybridized carbons (Fsp3) is 0.471. The summed E-state index contributed by atoms with van der Waals surface area (Å²) >= 11 is 0. The van der Waals surface area contributed by atoms with E-state index in [0.717, 1.165) is 6.42 Å². The number of Topliss-reactive ketones (excluding diaryl/α,β-unsaturated/α-hetero) is 1. The second-order valence-corrected chi connectivity index (χ2v) is 5.66. The first-order chi connectivity index (χ1) is 10.3. The fourth-order valence-electron chi connectivity index (χ4n) is 1.85. The van der Waals surface area contributed by atoms with E-state index in [1.165, 1.54) is 13.8 Å². The quantitative estimate of drug-likeness (QED) is 0.620. The molecule has 1 amide bonds. The van der Waals surface area contributed by atoms with Crippen LogP contribution in [0.4, 0.5) is 5.69 Å². The Morgan fingerprint density at radius 1 is 1.14 bits per heavy atom. The summed E-state index contributed by atoms with van der Waals surface area (Å²) in [6, 6.07) is 6.72. The highest BCUT2D eigenvalue weighted by molar-refractivity contribution is 6.04. The van der Waals surface area contributed by atoms with Crippen molar-refractivity contribution in [1.29, 1.82) is 0 Å². The van der Waals surface area contributed by atoms with Crippen molar-refractivity contribution in [3.8, 4) is 0 Å². The van der Waals surface area contributed by atoms with Crippen LogP contribution < -0.4 is 5.32 Å². The van der Waals surface area contributed by atoms with Crippen LogP contribution >= 0.6 is 0 Å². The number of para-hydroxylation sites is 1. The van der Waals surface area contributed by atoms with Crippen LogP contribution in [-0.2, 0) is 14.3 Å². The van der Waals surface area contributed by atoms with Crippen LogP contribution in [0.15, 0.2) is 24.3 Å². The molecule has 0 aliphatic heterocycles. The van der Waals surface area contributed by atoms with Crippen molar-refractivity contribution >= 4 is 23.3 Å². The maximum Gasteiger partial charge on any atom is 0.306 e. The SMILES string of the molecule is CC(=O)c1ccccc1NC(=O)[C@@H](C)OC(=O)CCC(C)C. The van der Waals surface area contributed by atoms with E-state index in [0.29, 0.717) is 23.6 Å². The Hall–Kier alpha value is -2.17. The minimum Gasteiger partial charge on any atom is -0.453 e. The Labute approximate surface area is 131 Å². The van der Waals surface area contributed by atoms with Gasteiger partial charge in [-0.25, -0.2) is 0 Å². The van der Waals surface area contributed by atoms with Crippen LogP contribution in [0.3, 0.4) is 0 Å². The maximum absolute atomic E-state index is 12.1. The molecule has 0 heterocycles.